The normalized spacial score (nSPS) is 9.55. The Morgan fingerprint density at radius 2 is 1.73 bits per heavy atom. The van der Waals surface area contributed by atoms with Gasteiger partial charge in [0.1, 0.15) is 17.3 Å². The molecule has 0 radical (unpaired) electrons. The van der Waals surface area contributed by atoms with Gasteiger partial charge in [-0.3, -0.25) is 4.79 Å². The van der Waals surface area contributed by atoms with Gasteiger partial charge < -0.3 is 10.2 Å². The minimum absolute atomic E-state index is 0.254. The van der Waals surface area contributed by atoms with Crippen molar-refractivity contribution in [2.75, 3.05) is 0 Å². The number of benzene rings is 1. The van der Waals surface area contributed by atoms with Crippen LogP contribution in [0.1, 0.15) is 10.4 Å². The van der Waals surface area contributed by atoms with E-state index in [2.05, 4.69) is 0 Å². The van der Waals surface area contributed by atoms with Crippen LogP contribution in [0.2, 0.25) is 0 Å². The standard InChI is InChI=1S/C7H5FO3/c8-4-1-6(10)5(3-9)7(11)2-4/h1-3,10-11H. The zero-order chi connectivity index (χ0) is 8.43. The van der Waals surface area contributed by atoms with Crippen molar-refractivity contribution >= 4 is 6.29 Å². The van der Waals surface area contributed by atoms with E-state index in [4.69, 9.17) is 10.2 Å². The van der Waals surface area contributed by atoms with Crippen molar-refractivity contribution in [3.63, 3.8) is 0 Å². The van der Waals surface area contributed by atoms with E-state index < -0.39 is 17.3 Å². The highest BCUT2D eigenvalue weighted by atomic mass is 19.1. The molecule has 1 aromatic carbocycles. The van der Waals surface area contributed by atoms with E-state index in [0.29, 0.717) is 0 Å². The fourth-order valence-electron chi connectivity index (χ4n) is 0.710. The number of aldehydes is 1. The number of hydrogen-bond acceptors (Lipinski definition) is 3. The van der Waals surface area contributed by atoms with Gasteiger partial charge in [0.15, 0.2) is 6.29 Å². The van der Waals surface area contributed by atoms with Crippen LogP contribution in [0.4, 0.5) is 4.39 Å². The number of halogens is 1. The van der Waals surface area contributed by atoms with Crippen LogP contribution < -0.4 is 0 Å². The number of aromatic hydroxyl groups is 2. The average molecular weight is 156 g/mol. The molecule has 0 bridgehead atoms. The molecule has 0 saturated heterocycles. The molecule has 4 heteroatoms. The predicted molar refractivity (Wildman–Crippen MR) is 35.1 cm³/mol. The molecule has 0 unspecified atom stereocenters. The van der Waals surface area contributed by atoms with Crippen molar-refractivity contribution in [3.05, 3.63) is 23.5 Å². The van der Waals surface area contributed by atoms with Crippen molar-refractivity contribution in [2.24, 2.45) is 0 Å². The third kappa shape index (κ3) is 1.29. The first-order chi connectivity index (χ1) is 5.15. The first-order valence-corrected chi connectivity index (χ1v) is 2.82. The lowest BCUT2D eigenvalue weighted by Gasteiger charge is -1.99. The molecule has 0 aliphatic rings. The lowest BCUT2D eigenvalue weighted by atomic mass is 10.2. The van der Waals surface area contributed by atoms with Crippen molar-refractivity contribution < 1.29 is 19.4 Å². The fourth-order valence-corrected chi connectivity index (χ4v) is 0.710. The van der Waals surface area contributed by atoms with E-state index in [9.17, 15) is 9.18 Å². The minimum atomic E-state index is -0.786. The molecule has 0 heterocycles. The van der Waals surface area contributed by atoms with Gasteiger partial charge in [0.25, 0.3) is 0 Å². The van der Waals surface area contributed by atoms with Crippen LogP contribution >= 0.6 is 0 Å². The largest absolute Gasteiger partial charge is 0.507 e. The monoisotopic (exact) mass is 156 g/mol. The first-order valence-electron chi connectivity index (χ1n) is 2.82. The van der Waals surface area contributed by atoms with Gasteiger partial charge in [-0.2, -0.15) is 0 Å². The molecule has 0 aliphatic carbocycles. The SMILES string of the molecule is O=Cc1c(O)cc(F)cc1O. The third-order valence-corrected chi connectivity index (χ3v) is 1.22. The van der Waals surface area contributed by atoms with Crippen LogP contribution in [0.3, 0.4) is 0 Å². The molecule has 1 aromatic rings. The van der Waals surface area contributed by atoms with Crippen LogP contribution in [-0.2, 0) is 0 Å². The maximum atomic E-state index is 12.3. The second kappa shape index (κ2) is 2.57. The summed E-state index contributed by atoms with van der Waals surface area (Å²) < 4.78 is 12.3. The van der Waals surface area contributed by atoms with Gasteiger partial charge in [-0.25, -0.2) is 4.39 Å². The van der Waals surface area contributed by atoms with Crippen LogP contribution in [-0.4, -0.2) is 16.5 Å². The van der Waals surface area contributed by atoms with Gasteiger partial charge in [-0.15, -0.1) is 0 Å². The lowest BCUT2D eigenvalue weighted by Crippen LogP contribution is -1.84. The zero-order valence-corrected chi connectivity index (χ0v) is 5.41. The zero-order valence-electron chi connectivity index (χ0n) is 5.41. The lowest BCUT2D eigenvalue weighted by molar-refractivity contribution is 0.111. The van der Waals surface area contributed by atoms with E-state index >= 15 is 0 Å². The van der Waals surface area contributed by atoms with Gasteiger partial charge >= 0.3 is 0 Å². The van der Waals surface area contributed by atoms with Gasteiger partial charge in [0.2, 0.25) is 0 Å². The van der Waals surface area contributed by atoms with E-state index in [0.717, 1.165) is 12.1 Å². The number of carbonyl (C=O) groups is 1. The van der Waals surface area contributed by atoms with Crippen LogP contribution in [0.25, 0.3) is 0 Å². The van der Waals surface area contributed by atoms with Crippen molar-refractivity contribution in [2.45, 2.75) is 0 Å². The Bertz CT molecular complexity index is 273. The Balaban J connectivity index is 3.36. The number of phenolic OH excluding ortho intramolecular Hbond substituents is 2. The van der Waals surface area contributed by atoms with Crippen LogP contribution in [0.5, 0.6) is 11.5 Å². The molecule has 0 aromatic heterocycles. The Hall–Kier alpha value is -1.58. The first kappa shape index (κ1) is 7.53. The van der Waals surface area contributed by atoms with Gasteiger partial charge in [0.05, 0.1) is 5.56 Å². The number of rotatable bonds is 1. The van der Waals surface area contributed by atoms with Crippen LogP contribution in [0.15, 0.2) is 12.1 Å². The molecule has 0 atom stereocenters. The highest BCUT2D eigenvalue weighted by Gasteiger charge is 2.07. The second-order valence-corrected chi connectivity index (χ2v) is 1.98. The van der Waals surface area contributed by atoms with E-state index in [1.54, 1.807) is 0 Å². The Labute approximate surface area is 61.7 Å². The topological polar surface area (TPSA) is 57.5 Å². The number of carbonyl (C=O) groups excluding carboxylic acids is 1. The molecule has 2 N–H and O–H groups in total. The average Bonchev–Trinajstić information content (AvgIpc) is 1.85. The molecular weight excluding hydrogens is 151 g/mol. The van der Waals surface area contributed by atoms with Gasteiger partial charge in [-0.05, 0) is 0 Å². The maximum Gasteiger partial charge on any atom is 0.157 e. The minimum Gasteiger partial charge on any atom is -0.507 e. The van der Waals surface area contributed by atoms with Crippen LogP contribution in [0, 0.1) is 5.82 Å². The summed E-state index contributed by atoms with van der Waals surface area (Å²) in [6, 6.07) is 1.51. The number of phenols is 2. The maximum absolute atomic E-state index is 12.3. The molecule has 0 amide bonds. The fraction of sp³-hybridized carbons (Fsp3) is 0. The highest BCUT2D eigenvalue weighted by molar-refractivity contribution is 5.83. The summed E-state index contributed by atoms with van der Waals surface area (Å²) in [4.78, 5) is 10.1. The second-order valence-electron chi connectivity index (χ2n) is 1.98. The quantitative estimate of drug-likeness (QED) is 0.597. The molecule has 0 saturated carbocycles. The molecule has 0 aliphatic heterocycles. The summed E-state index contributed by atoms with van der Waals surface area (Å²) in [5.41, 5.74) is -0.300. The molecule has 3 nitrogen and oxygen atoms in total. The smallest absolute Gasteiger partial charge is 0.157 e. The molecule has 58 valence electrons. The molecule has 1 rings (SSSR count). The summed E-state index contributed by atoms with van der Waals surface area (Å²) >= 11 is 0. The molecule has 0 spiro atoms. The Kier molecular flexibility index (Phi) is 1.76. The molecule has 11 heavy (non-hydrogen) atoms. The van der Waals surface area contributed by atoms with E-state index in [-0.39, 0.29) is 11.8 Å². The van der Waals surface area contributed by atoms with Gasteiger partial charge in [0, 0.05) is 12.1 Å². The van der Waals surface area contributed by atoms with Crippen molar-refractivity contribution in [1.29, 1.82) is 0 Å². The van der Waals surface area contributed by atoms with E-state index in [1.807, 2.05) is 0 Å². The number of hydrogen-bond donors (Lipinski definition) is 2. The Morgan fingerprint density at radius 3 is 2.09 bits per heavy atom. The van der Waals surface area contributed by atoms with Gasteiger partial charge in [-0.1, -0.05) is 0 Å². The molecule has 0 fully saturated rings. The predicted octanol–water partition coefficient (Wildman–Crippen LogP) is 1.05. The summed E-state index contributed by atoms with van der Waals surface area (Å²) in [6.45, 7) is 0. The molecular formula is C7H5FO3. The summed E-state index contributed by atoms with van der Waals surface area (Å²) in [5.74, 6) is -1.90. The Morgan fingerprint density at radius 1 is 1.27 bits per heavy atom. The van der Waals surface area contributed by atoms with E-state index in [1.165, 1.54) is 0 Å². The summed E-state index contributed by atoms with van der Waals surface area (Å²) in [6.07, 6.45) is 0.254. The summed E-state index contributed by atoms with van der Waals surface area (Å²) in [5, 5.41) is 17.7. The highest BCUT2D eigenvalue weighted by Crippen LogP contribution is 2.25. The third-order valence-electron chi connectivity index (χ3n) is 1.22. The van der Waals surface area contributed by atoms with Crippen molar-refractivity contribution in [1.82, 2.24) is 0 Å². The summed E-state index contributed by atoms with van der Waals surface area (Å²) in [7, 11) is 0. The van der Waals surface area contributed by atoms with Crippen molar-refractivity contribution in [3.8, 4) is 11.5 Å².